The number of carbonyl (C=O) groups is 2. The van der Waals surface area contributed by atoms with Crippen molar-refractivity contribution in [2.45, 2.75) is 39.8 Å². The maximum absolute atomic E-state index is 13.9. The van der Waals surface area contributed by atoms with Crippen LogP contribution in [0.4, 0.5) is 8.78 Å². The molecule has 0 saturated heterocycles. The Bertz CT molecular complexity index is 846. The van der Waals surface area contributed by atoms with Gasteiger partial charge in [-0.15, -0.1) is 0 Å². The number of nitrogens with one attached hydrogen (secondary N) is 1. The highest BCUT2D eigenvalue weighted by atomic mass is 19.1. The van der Waals surface area contributed by atoms with Crippen molar-refractivity contribution in [2.24, 2.45) is 0 Å². The minimum atomic E-state index is -0.645. The zero-order valence-electron chi connectivity index (χ0n) is 15.4. The van der Waals surface area contributed by atoms with E-state index in [1.54, 1.807) is 33.0 Å². The lowest BCUT2D eigenvalue weighted by molar-refractivity contribution is -0.709. The van der Waals surface area contributed by atoms with Gasteiger partial charge in [-0.25, -0.2) is 13.6 Å². The Balaban J connectivity index is 2.21. The van der Waals surface area contributed by atoms with Gasteiger partial charge in [0.2, 0.25) is 5.78 Å². The van der Waals surface area contributed by atoms with Crippen molar-refractivity contribution in [3.05, 3.63) is 57.9 Å². The molecule has 2 atom stereocenters. The zero-order valence-corrected chi connectivity index (χ0v) is 15.4. The Labute approximate surface area is 150 Å². The molecule has 0 aliphatic carbocycles. The summed E-state index contributed by atoms with van der Waals surface area (Å²) in [6, 6.07) is 2.48. The van der Waals surface area contributed by atoms with E-state index in [0.29, 0.717) is 28.1 Å². The molecule has 26 heavy (non-hydrogen) atoms. The van der Waals surface area contributed by atoms with Crippen LogP contribution in [-0.2, 0) is 4.74 Å². The number of halogens is 2. The second kappa shape index (κ2) is 7.78. The van der Waals surface area contributed by atoms with Crippen LogP contribution in [0.25, 0.3) is 0 Å². The summed E-state index contributed by atoms with van der Waals surface area (Å²) in [5.74, 6) is -2.01. The summed E-state index contributed by atoms with van der Waals surface area (Å²) in [7, 11) is 1.28. The molecule has 0 bridgehead atoms. The Hall–Kier alpha value is -2.54. The molecular weight excluding hydrogens is 342 g/mol. The molecule has 7 heteroatoms. The third-order valence-corrected chi connectivity index (χ3v) is 4.52. The number of methoxy groups -OCH3 is 1. The lowest BCUT2D eigenvalue weighted by Crippen LogP contribution is -2.91. The van der Waals surface area contributed by atoms with Crippen LogP contribution in [0.2, 0.25) is 0 Å². The van der Waals surface area contributed by atoms with Crippen LogP contribution in [0.5, 0.6) is 0 Å². The van der Waals surface area contributed by atoms with Crippen molar-refractivity contribution in [3.8, 4) is 0 Å². The van der Waals surface area contributed by atoms with E-state index in [1.807, 2.05) is 0 Å². The Morgan fingerprint density at radius 2 is 1.85 bits per heavy atom. The van der Waals surface area contributed by atoms with Gasteiger partial charge in [0.25, 0.3) is 0 Å². The fourth-order valence-corrected chi connectivity index (χ4v) is 3.13. The number of quaternary nitrogens is 1. The van der Waals surface area contributed by atoms with Crippen LogP contribution in [0.15, 0.2) is 18.2 Å². The summed E-state index contributed by atoms with van der Waals surface area (Å²) < 4.78 is 31.7. The molecule has 0 aliphatic rings. The quantitative estimate of drug-likeness (QED) is 0.610. The highest BCUT2D eigenvalue weighted by molar-refractivity contribution is 6.03. The Kier molecular flexibility index (Phi) is 5.92. The fraction of sp³-hybridized carbons (Fsp3) is 0.368. The fourth-order valence-electron chi connectivity index (χ4n) is 3.13. The molecule has 0 fully saturated rings. The summed E-state index contributed by atoms with van der Waals surface area (Å²) in [4.78, 5) is 27.6. The van der Waals surface area contributed by atoms with Crippen LogP contribution >= 0.6 is 0 Å². The van der Waals surface area contributed by atoms with Gasteiger partial charge in [0.15, 0.2) is 0 Å². The molecule has 2 aromatic rings. The van der Waals surface area contributed by atoms with E-state index in [2.05, 4.69) is 4.98 Å². The number of aromatic nitrogens is 1. The second-order valence-corrected chi connectivity index (χ2v) is 6.42. The minimum absolute atomic E-state index is 0.213. The van der Waals surface area contributed by atoms with Gasteiger partial charge >= 0.3 is 5.97 Å². The van der Waals surface area contributed by atoms with E-state index in [1.165, 1.54) is 19.2 Å². The number of aryl methyl sites for hydroxylation is 1. The zero-order chi connectivity index (χ0) is 19.6. The molecule has 0 spiro atoms. The van der Waals surface area contributed by atoms with Crippen molar-refractivity contribution >= 4 is 11.8 Å². The van der Waals surface area contributed by atoms with E-state index >= 15 is 0 Å². The number of hydrogen-bond donors (Lipinski definition) is 2. The number of hydrogen-bond acceptors (Lipinski definition) is 3. The first-order valence-corrected chi connectivity index (χ1v) is 8.29. The summed E-state index contributed by atoms with van der Waals surface area (Å²) in [5, 5.41) is 1.70. The van der Waals surface area contributed by atoms with Gasteiger partial charge in [-0.1, -0.05) is 0 Å². The number of ether oxygens (including phenoxy) is 1. The first-order chi connectivity index (χ1) is 12.2. The minimum Gasteiger partial charge on any atom is -0.465 e. The molecule has 1 heterocycles. The lowest BCUT2D eigenvalue weighted by atomic mass is 10.0. The number of aromatic amines is 1. The largest absolute Gasteiger partial charge is 0.465 e. The summed E-state index contributed by atoms with van der Waals surface area (Å²) in [6.07, 6.45) is 0. The number of carbonyl (C=O) groups excluding carboxylic acids is 2. The van der Waals surface area contributed by atoms with Crippen LogP contribution in [0.3, 0.4) is 0 Å². The van der Waals surface area contributed by atoms with Gasteiger partial charge in [0, 0.05) is 17.3 Å². The third kappa shape index (κ3) is 3.83. The molecule has 5 nitrogen and oxygen atoms in total. The normalized spacial score (nSPS) is 13.3. The van der Waals surface area contributed by atoms with Gasteiger partial charge in [-0.3, -0.25) is 4.79 Å². The standard InChI is InChI=1S/C19H22F2N2O3/c1-9-16(19(25)26-5)11(3)23-17(9)18(24)12(4)22-10(2)14-7-6-13(20)8-15(14)21/h6-8,10,12,22-23H,1-5H3/p+1/t10-,12-/m0/s1. The second-order valence-electron chi connectivity index (χ2n) is 6.42. The van der Waals surface area contributed by atoms with Crippen LogP contribution < -0.4 is 5.32 Å². The Morgan fingerprint density at radius 3 is 2.42 bits per heavy atom. The van der Waals surface area contributed by atoms with E-state index < -0.39 is 23.6 Å². The SMILES string of the molecule is COC(=O)c1c(C)[nH]c(C(=O)[C@H](C)[NH2+][C@@H](C)c2ccc(F)cc2F)c1C. The maximum Gasteiger partial charge on any atom is 0.339 e. The van der Waals surface area contributed by atoms with Crippen LogP contribution in [0.1, 0.15) is 57.6 Å². The van der Waals surface area contributed by atoms with Crippen molar-refractivity contribution in [2.75, 3.05) is 7.11 Å². The highest BCUT2D eigenvalue weighted by Gasteiger charge is 2.28. The molecule has 140 valence electrons. The molecule has 0 unspecified atom stereocenters. The summed E-state index contributed by atoms with van der Waals surface area (Å²) in [6.45, 7) is 6.82. The molecular formula is C19H23F2N2O3+. The molecule has 1 aromatic heterocycles. The van der Waals surface area contributed by atoms with E-state index in [9.17, 15) is 18.4 Å². The molecule has 0 amide bonds. The smallest absolute Gasteiger partial charge is 0.339 e. The number of rotatable bonds is 6. The van der Waals surface area contributed by atoms with Gasteiger partial charge in [-0.05, 0) is 45.4 Å². The molecule has 0 aliphatic heterocycles. The number of ketones is 1. The van der Waals surface area contributed by atoms with E-state index in [0.717, 1.165) is 6.07 Å². The molecule has 2 rings (SSSR count). The number of nitrogens with two attached hydrogens (primary N) is 1. The van der Waals surface area contributed by atoms with Crippen molar-refractivity contribution < 1.29 is 28.4 Å². The average Bonchev–Trinajstić information content (AvgIpc) is 2.87. The number of Topliss-reactive ketones (excluding diaryl/α,β-unsaturated/α-hetero) is 1. The molecule has 1 aromatic carbocycles. The van der Waals surface area contributed by atoms with Crippen molar-refractivity contribution in [1.82, 2.24) is 4.98 Å². The van der Waals surface area contributed by atoms with Gasteiger partial charge in [0.1, 0.15) is 23.7 Å². The van der Waals surface area contributed by atoms with Gasteiger partial charge in [0.05, 0.1) is 18.4 Å². The van der Waals surface area contributed by atoms with Crippen LogP contribution in [-0.4, -0.2) is 29.9 Å². The maximum atomic E-state index is 13.9. The van der Waals surface area contributed by atoms with Crippen molar-refractivity contribution in [3.63, 3.8) is 0 Å². The molecule has 0 saturated carbocycles. The highest BCUT2D eigenvalue weighted by Crippen LogP contribution is 2.20. The topological polar surface area (TPSA) is 75.8 Å². The van der Waals surface area contributed by atoms with E-state index in [-0.39, 0.29) is 11.8 Å². The van der Waals surface area contributed by atoms with Crippen LogP contribution in [0, 0.1) is 25.5 Å². The number of benzene rings is 1. The summed E-state index contributed by atoms with van der Waals surface area (Å²) in [5.41, 5.74) is 2.09. The average molecular weight is 365 g/mol. The van der Waals surface area contributed by atoms with Gasteiger partial charge < -0.3 is 15.0 Å². The lowest BCUT2D eigenvalue weighted by Gasteiger charge is -2.16. The number of H-pyrrole nitrogens is 1. The first kappa shape index (κ1) is 19.8. The molecule has 3 N–H and O–H groups in total. The van der Waals surface area contributed by atoms with E-state index in [4.69, 9.17) is 4.74 Å². The Morgan fingerprint density at radius 1 is 1.19 bits per heavy atom. The van der Waals surface area contributed by atoms with Crippen molar-refractivity contribution in [1.29, 1.82) is 0 Å². The first-order valence-electron chi connectivity index (χ1n) is 8.29. The third-order valence-electron chi connectivity index (χ3n) is 4.52. The predicted octanol–water partition coefficient (Wildman–Crippen LogP) is 2.59. The number of esters is 1. The van der Waals surface area contributed by atoms with Gasteiger partial charge in [-0.2, -0.15) is 0 Å². The predicted molar refractivity (Wildman–Crippen MR) is 92.1 cm³/mol. The molecule has 0 radical (unpaired) electrons. The summed E-state index contributed by atoms with van der Waals surface area (Å²) >= 11 is 0. The monoisotopic (exact) mass is 365 g/mol.